The third-order valence-electron chi connectivity index (χ3n) is 4.06. The van der Waals surface area contributed by atoms with Crippen LogP contribution < -0.4 is 16.6 Å². The predicted molar refractivity (Wildman–Crippen MR) is 80.0 cm³/mol. The first-order valence-corrected chi connectivity index (χ1v) is 7.12. The minimum atomic E-state index is -2.57. The van der Waals surface area contributed by atoms with E-state index >= 15 is 0 Å². The third kappa shape index (κ3) is 2.72. The number of pyridine rings is 1. The molecule has 0 atom stereocenters. The molecule has 2 heterocycles. The van der Waals surface area contributed by atoms with Crippen LogP contribution in [0.15, 0.2) is 17.1 Å². The lowest BCUT2D eigenvalue weighted by Gasteiger charge is -2.28. The van der Waals surface area contributed by atoms with Crippen LogP contribution >= 0.6 is 0 Å². The molecule has 0 radical (unpaired) electrons. The second-order valence-corrected chi connectivity index (χ2v) is 5.70. The van der Waals surface area contributed by atoms with Crippen LogP contribution in [0.25, 0.3) is 11.0 Å². The summed E-state index contributed by atoms with van der Waals surface area (Å²) in [6, 6.07) is 1.23. The largest absolute Gasteiger partial charge is 0.398 e. The molecule has 8 heteroatoms. The van der Waals surface area contributed by atoms with Crippen LogP contribution in [0, 0.1) is 0 Å². The molecule has 1 saturated carbocycles. The molecule has 2 aromatic rings. The second-order valence-electron chi connectivity index (χ2n) is 5.70. The van der Waals surface area contributed by atoms with Gasteiger partial charge in [-0.1, -0.05) is 0 Å². The number of anilines is 2. The zero-order valence-electron chi connectivity index (χ0n) is 12.1. The molecule has 0 unspecified atom stereocenters. The molecular weight excluding hydrogens is 292 g/mol. The zero-order chi connectivity index (χ0) is 15.9. The fraction of sp³-hybridized carbons (Fsp3) is 0.500. The SMILES string of the molecule is Cn1c(=O)cc(N)c2cnc(NC3CCC(F)(F)CC3)nc21. The molecule has 3 rings (SSSR count). The number of nitrogens with two attached hydrogens (primary N) is 1. The van der Waals surface area contributed by atoms with Gasteiger partial charge in [-0.15, -0.1) is 0 Å². The van der Waals surface area contributed by atoms with Crippen molar-refractivity contribution in [2.45, 2.75) is 37.6 Å². The standard InChI is InChI=1S/C14H17F2N5O/c1-21-11(22)6-10(17)9-7-18-13(20-12(9)21)19-8-2-4-14(15,16)5-3-8/h6-8H,2-5,17H2,1H3,(H,18,19,20). The van der Waals surface area contributed by atoms with Gasteiger partial charge in [-0.3, -0.25) is 9.36 Å². The summed E-state index contributed by atoms with van der Waals surface area (Å²) in [5.41, 5.74) is 6.28. The van der Waals surface area contributed by atoms with Crippen LogP contribution in [0.3, 0.4) is 0 Å². The maximum absolute atomic E-state index is 13.2. The van der Waals surface area contributed by atoms with Crippen LogP contribution in [-0.4, -0.2) is 26.5 Å². The number of nitrogens with one attached hydrogen (secondary N) is 1. The van der Waals surface area contributed by atoms with Gasteiger partial charge in [0.15, 0.2) is 0 Å². The van der Waals surface area contributed by atoms with Crippen molar-refractivity contribution in [2.24, 2.45) is 7.05 Å². The minimum Gasteiger partial charge on any atom is -0.398 e. The topological polar surface area (TPSA) is 85.8 Å². The van der Waals surface area contributed by atoms with Crippen LogP contribution in [0.2, 0.25) is 0 Å². The molecule has 118 valence electrons. The number of alkyl halides is 2. The summed E-state index contributed by atoms with van der Waals surface area (Å²) in [5.74, 6) is -2.25. The molecule has 2 aromatic heterocycles. The average molecular weight is 309 g/mol. The fourth-order valence-corrected chi connectivity index (χ4v) is 2.68. The summed E-state index contributed by atoms with van der Waals surface area (Å²) in [7, 11) is 1.60. The van der Waals surface area contributed by atoms with Crippen LogP contribution in [-0.2, 0) is 7.05 Å². The zero-order valence-corrected chi connectivity index (χ0v) is 12.1. The number of aryl methyl sites for hydroxylation is 1. The summed E-state index contributed by atoms with van der Waals surface area (Å²) >= 11 is 0. The van der Waals surface area contributed by atoms with Crippen molar-refractivity contribution in [3.05, 3.63) is 22.6 Å². The van der Waals surface area contributed by atoms with E-state index in [1.54, 1.807) is 7.05 Å². The van der Waals surface area contributed by atoms with E-state index in [0.29, 0.717) is 35.5 Å². The molecule has 0 spiro atoms. The van der Waals surface area contributed by atoms with Gasteiger partial charge in [-0.2, -0.15) is 4.98 Å². The summed E-state index contributed by atoms with van der Waals surface area (Å²) in [6.45, 7) is 0. The average Bonchev–Trinajstić information content (AvgIpc) is 2.47. The number of nitrogen functional groups attached to an aromatic ring is 1. The summed E-state index contributed by atoms with van der Waals surface area (Å²) in [5, 5.41) is 3.65. The van der Waals surface area contributed by atoms with Gasteiger partial charge in [-0.25, -0.2) is 13.8 Å². The van der Waals surface area contributed by atoms with E-state index < -0.39 is 5.92 Å². The van der Waals surface area contributed by atoms with E-state index in [-0.39, 0.29) is 24.4 Å². The van der Waals surface area contributed by atoms with Crippen molar-refractivity contribution in [2.75, 3.05) is 11.1 Å². The molecule has 0 aromatic carbocycles. The Bertz CT molecular complexity index is 764. The molecule has 3 N–H and O–H groups in total. The number of nitrogens with zero attached hydrogens (tertiary/aromatic N) is 3. The van der Waals surface area contributed by atoms with E-state index in [2.05, 4.69) is 15.3 Å². The second kappa shape index (κ2) is 5.19. The van der Waals surface area contributed by atoms with Gasteiger partial charge in [0.25, 0.3) is 5.56 Å². The van der Waals surface area contributed by atoms with Gasteiger partial charge < -0.3 is 11.1 Å². The number of hydrogen-bond donors (Lipinski definition) is 2. The molecule has 0 aliphatic heterocycles. The Morgan fingerprint density at radius 3 is 2.77 bits per heavy atom. The lowest BCUT2D eigenvalue weighted by atomic mass is 9.92. The Kier molecular flexibility index (Phi) is 3.46. The highest BCUT2D eigenvalue weighted by atomic mass is 19.3. The van der Waals surface area contributed by atoms with E-state index in [4.69, 9.17) is 5.73 Å². The first kappa shape index (κ1) is 14.7. The highest BCUT2D eigenvalue weighted by Gasteiger charge is 2.35. The quantitative estimate of drug-likeness (QED) is 0.885. The maximum atomic E-state index is 13.2. The van der Waals surface area contributed by atoms with E-state index in [0.717, 1.165) is 0 Å². The van der Waals surface area contributed by atoms with Crippen molar-refractivity contribution in [1.82, 2.24) is 14.5 Å². The lowest BCUT2D eigenvalue weighted by molar-refractivity contribution is -0.0361. The minimum absolute atomic E-state index is 0.0878. The smallest absolute Gasteiger partial charge is 0.253 e. The van der Waals surface area contributed by atoms with Gasteiger partial charge in [0.1, 0.15) is 5.65 Å². The Morgan fingerprint density at radius 2 is 2.09 bits per heavy atom. The first-order chi connectivity index (χ1) is 10.4. The molecule has 0 bridgehead atoms. The van der Waals surface area contributed by atoms with Crippen LogP contribution in [0.4, 0.5) is 20.4 Å². The monoisotopic (exact) mass is 309 g/mol. The maximum Gasteiger partial charge on any atom is 0.253 e. The highest BCUT2D eigenvalue weighted by Crippen LogP contribution is 2.34. The van der Waals surface area contributed by atoms with Crippen molar-refractivity contribution in [3.63, 3.8) is 0 Å². The van der Waals surface area contributed by atoms with E-state index in [9.17, 15) is 13.6 Å². The van der Waals surface area contributed by atoms with E-state index in [1.807, 2.05) is 0 Å². The number of hydrogen-bond acceptors (Lipinski definition) is 5. The Hall–Kier alpha value is -2.25. The Labute approximate surface area is 125 Å². The molecule has 6 nitrogen and oxygen atoms in total. The van der Waals surface area contributed by atoms with Crippen LogP contribution in [0.1, 0.15) is 25.7 Å². The highest BCUT2D eigenvalue weighted by molar-refractivity contribution is 5.87. The molecule has 0 amide bonds. The molecule has 22 heavy (non-hydrogen) atoms. The summed E-state index contributed by atoms with van der Waals surface area (Å²) in [4.78, 5) is 20.2. The van der Waals surface area contributed by atoms with Crippen molar-refractivity contribution in [3.8, 4) is 0 Å². The van der Waals surface area contributed by atoms with Gasteiger partial charge in [0, 0.05) is 43.9 Å². The molecule has 1 aliphatic rings. The number of rotatable bonds is 2. The van der Waals surface area contributed by atoms with E-state index in [1.165, 1.54) is 16.8 Å². The van der Waals surface area contributed by atoms with Gasteiger partial charge in [0.2, 0.25) is 11.9 Å². The summed E-state index contributed by atoms with van der Waals surface area (Å²) < 4.78 is 27.7. The number of halogens is 2. The number of aromatic nitrogens is 3. The molecule has 0 saturated heterocycles. The van der Waals surface area contributed by atoms with Gasteiger partial charge >= 0.3 is 0 Å². The molecule has 1 aliphatic carbocycles. The lowest BCUT2D eigenvalue weighted by Crippen LogP contribution is -2.32. The van der Waals surface area contributed by atoms with Crippen LogP contribution in [0.5, 0.6) is 0 Å². The van der Waals surface area contributed by atoms with Gasteiger partial charge in [-0.05, 0) is 12.8 Å². The molecular formula is C14H17F2N5O. The summed E-state index contributed by atoms with van der Waals surface area (Å²) in [6.07, 6.45) is 2.00. The Morgan fingerprint density at radius 1 is 1.41 bits per heavy atom. The molecule has 1 fully saturated rings. The fourth-order valence-electron chi connectivity index (χ4n) is 2.68. The number of fused-ring (bicyclic) bond motifs is 1. The third-order valence-corrected chi connectivity index (χ3v) is 4.06. The van der Waals surface area contributed by atoms with Crippen molar-refractivity contribution >= 4 is 22.7 Å². The van der Waals surface area contributed by atoms with Gasteiger partial charge in [0.05, 0.1) is 5.39 Å². The Balaban J connectivity index is 1.87. The van der Waals surface area contributed by atoms with Crippen molar-refractivity contribution < 1.29 is 8.78 Å². The normalized spacial score (nSPS) is 18.5. The predicted octanol–water partition coefficient (Wildman–Crippen LogP) is 1.90. The first-order valence-electron chi connectivity index (χ1n) is 7.12. The van der Waals surface area contributed by atoms with Crippen molar-refractivity contribution in [1.29, 1.82) is 0 Å².